The molecule has 0 saturated heterocycles. The number of amides is 2. The Bertz CT molecular complexity index is 905. The van der Waals surface area contributed by atoms with Crippen LogP contribution < -0.4 is 20.1 Å². The molecule has 2 amide bonds. The van der Waals surface area contributed by atoms with Crippen LogP contribution in [0.15, 0.2) is 36.4 Å². The summed E-state index contributed by atoms with van der Waals surface area (Å²) in [5.41, 5.74) is 2.46. The number of aryl methyl sites for hydroxylation is 2. The lowest BCUT2D eigenvalue weighted by Gasteiger charge is -2.24. The van der Waals surface area contributed by atoms with Crippen LogP contribution in [0, 0.1) is 12.3 Å². The second-order valence-electron chi connectivity index (χ2n) is 7.41. The molecule has 0 aromatic heterocycles. The Morgan fingerprint density at radius 1 is 1.07 bits per heavy atom. The van der Waals surface area contributed by atoms with E-state index in [-0.39, 0.29) is 18.6 Å². The number of para-hydroxylation sites is 1. The number of ether oxygens (including phenoxy) is 2. The summed E-state index contributed by atoms with van der Waals surface area (Å²) in [6.07, 6.45) is 0.800. The topological polar surface area (TPSA) is 76.7 Å². The van der Waals surface area contributed by atoms with Gasteiger partial charge in [-0.1, -0.05) is 31.2 Å². The molecule has 6 nitrogen and oxygen atoms in total. The van der Waals surface area contributed by atoms with E-state index in [4.69, 9.17) is 9.47 Å². The van der Waals surface area contributed by atoms with Crippen LogP contribution in [-0.4, -0.2) is 18.6 Å². The molecule has 1 aliphatic rings. The van der Waals surface area contributed by atoms with Gasteiger partial charge in [-0.05, 0) is 56.0 Å². The molecule has 2 aromatic rings. The van der Waals surface area contributed by atoms with E-state index in [9.17, 15) is 9.59 Å². The highest BCUT2D eigenvalue weighted by atomic mass is 16.7. The van der Waals surface area contributed by atoms with Crippen molar-refractivity contribution < 1.29 is 19.1 Å². The molecule has 0 atom stereocenters. The highest BCUT2D eigenvalue weighted by Gasteiger charge is 2.36. The number of benzene rings is 2. The minimum atomic E-state index is -1.22. The van der Waals surface area contributed by atoms with Crippen molar-refractivity contribution in [2.75, 3.05) is 12.1 Å². The SMILES string of the molecule is CCc1cccc(C)c1NC(=O)C(C)(C)C(=O)NCc1ccc2c(c1)OCO2. The Labute approximate surface area is 165 Å². The van der Waals surface area contributed by atoms with Gasteiger partial charge in [0.05, 0.1) is 0 Å². The number of nitrogens with one attached hydrogen (secondary N) is 2. The average Bonchev–Trinajstić information content (AvgIpc) is 3.15. The number of hydrogen-bond donors (Lipinski definition) is 2. The summed E-state index contributed by atoms with van der Waals surface area (Å²) in [7, 11) is 0. The van der Waals surface area contributed by atoms with E-state index in [0.29, 0.717) is 18.0 Å². The number of anilines is 1. The fraction of sp³-hybridized carbons (Fsp3) is 0.364. The number of carbonyl (C=O) groups is 2. The summed E-state index contributed by atoms with van der Waals surface area (Å²) < 4.78 is 10.6. The van der Waals surface area contributed by atoms with Crippen molar-refractivity contribution >= 4 is 17.5 Å². The maximum Gasteiger partial charge on any atom is 0.239 e. The standard InChI is InChI=1S/C22H26N2O4/c1-5-16-8-6-7-14(2)19(16)24-21(26)22(3,4)20(25)23-12-15-9-10-17-18(11-15)28-13-27-17/h6-11H,5,12-13H2,1-4H3,(H,23,25)(H,24,26). The predicted molar refractivity (Wildman–Crippen MR) is 107 cm³/mol. The van der Waals surface area contributed by atoms with Gasteiger partial charge in [0.15, 0.2) is 11.5 Å². The maximum atomic E-state index is 12.9. The van der Waals surface area contributed by atoms with E-state index in [1.165, 1.54) is 0 Å². The van der Waals surface area contributed by atoms with Crippen molar-refractivity contribution in [3.8, 4) is 11.5 Å². The van der Waals surface area contributed by atoms with Crippen LogP contribution in [0.2, 0.25) is 0 Å². The summed E-state index contributed by atoms with van der Waals surface area (Å²) in [5, 5.41) is 5.79. The third-order valence-electron chi connectivity index (χ3n) is 5.00. The van der Waals surface area contributed by atoms with Gasteiger partial charge < -0.3 is 20.1 Å². The zero-order valence-corrected chi connectivity index (χ0v) is 16.7. The summed E-state index contributed by atoms with van der Waals surface area (Å²) in [5.74, 6) is 0.684. The molecule has 6 heteroatoms. The van der Waals surface area contributed by atoms with Gasteiger partial charge in [-0.3, -0.25) is 9.59 Å². The minimum Gasteiger partial charge on any atom is -0.454 e. The summed E-state index contributed by atoms with van der Waals surface area (Å²) >= 11 is 0. The van der Waals surface area contributed by atoms with E-state index in [1.807, 2.05) is 50.2 Å². The number of carbonyl (C=O) groups excluding carboxylic acids is 2. The van der Waals surface area contributed by atoms with E-state index >= 15 is 0 Å². The second kappa shape index (κ2) is 7.92. The first-order valence-corrected chi connectivity index (χ1v) is 9.39. The van der Waals surface area contributed by atoms with Gasteiger partial charge in [0, 0.05) is 12.2 Å². The molecule has 0 bridgehead atoms. The number of hydrogen-bond acceptors (Lipinski definition) is 4. The van der Waals surface area contributed by atoms with Gasteiger partial charge in [-0.15, -0.1) is 0 Å². The fourth-order valence-electron chi connectivity index (χ4n) is 3.03. The summed E-state index contributed by atoms with van der Waals surface area (Å²) in [4.78, 5) is 25.6. The Balaban J connectivity index is 1.66. The van der Waals surface area contributed by atoms with Crippen molar-refractivity contribution in [2.45, 2.75) is 40.7 Å². The number of rotatable bonds is 6. The highest BCUT2D eigenvalue weighted by Crippen LogP contribution is 2.32. The quantitative estimate of drug-likeness (QED) is 0.749. The first kappa shape index (κ1) is 19.7. The first-order chi connectivity index (χ1) is 13.3. The Kier molecular flexibility index (Phi) is 5.58. The Morgan fingerprint density at radius 3 is 2.57 bits per heavy atom. The summed E-state index contributed by atoms with van der Waals surface area (Å²) in [6.45, 7) is 7.74. The fourth-order valence-corrected chi connectivity index (χ4v) is 3.03. The lowest BCUT2D eigenvalue weighted by Crippen LogP contribution is -2.45. The van der Waals surface area contributed by atoms with Crippen molar-refractivity contribution in [3.63, 3.8) is 0 Å². The molecular formula is C22H26N2O4. The van der Waals surface area contributed by atoms with Crippen LogP contribution >= 0.6 is 0 Å². The molecular weight excluding hydrogens is 356 g/mol. The van der Waals surface area contributed by atoms with Crippen LogP contribution in [0.3, 0.4) is 0 Å². The monoisotopic (exact) mass is 382 g/mol. The largest absolute Gasteiger partial charge is 0.454 e. The number of fused-ring (bicyclic) bond motifs is 1. The van der Waals surface area contributed by atoms with Crippen LogP contribution in [0.25, 0.3) is 0 Å². The molecule has 2 aromatic carbocycles. The molecule has 148 valence electrons. The molecule has 0 fully saturated rings. The smallest absolute Gasteiger partial charge is 0.239 e. The van der Waals surface area contributed by atoms with Gasteiger partial charge in [-0.2, -0.15) is 0 Å². The van der Waals surface area contributed by atoms with E-state index in [0.717, 1.165) is 28.8 Å². The third-order valence-corrected chi connectivity index (χ3v) is 5.00. The average molecular weight is 382 g/mol. The molecule has 0 radical (unpaired) electrons. The summed E-state index contributed by atoms with van der Waals surface area (Å²) in [6, 6.07) is 11.4. The van der Waals surface area contributed by atoms with Gasteiger partial charge in [0.25, 0.3) is 0 Å². The lowest BCUT2D eigenvalue weighted by molar-refractivity contribution is -0.138. The highest BCUT2D eigenvalue weighted by molar-refractivity contribution is 6.10. The van der Waals surface area contributed by atoms with Crippen molar-refractivity contribution in [1.29, 1.82) is 0 Å². The zero-order chi connectivity index (χ0) is 20.3. The van der Waals surface area contributed by atoms with Crippen LogP contribution in [0.4, 0.5) is 5.69 Å². The minimum absolute atomic E-state index is 0.205. The molecule has 1 aliphatic heterocycles. The van der Waals surface area contributed by atoms with Gasteiger partial charge >= 0.3 is 0 Å². The van der Waals surface area contributed by atoms with Gasteiger partial charge in [-0.25, -0.2) is 0 Å². The zero-order valence-electron chi connectivity index (χ0n) is 16.7. The molecule has 0 unspecified atom stereocenters. The molecule has 0 aliphatic carbocycles. The van der Waals surface area contributed by atoms with Crippen LogP contribution in [0.1, 0.15) is 37.5 Å². The van der Waals surface area contributed by atoms with Crippen molar-refractivity contribution in [2.24, 2.45) is 5.41 Å². The lowest BCUT2D eigenvalue weighted by atomic mass is 9.90. The molecule has 2 N–H and O–H groups in total. The normalized spacial score (nSPS) is 12.6. The van der Waals surface area contributed by atoms with Gasteiger partial charge in [0.1, 0.15) is 5.41 Å². The van der Waals surface area contributed by atoms with E-state index < -0.39 is 5.41 Å². The molecule has 3 rings (SSSR count). The third kappa shape index (κ3) is 3.96. The van der Waals surface area contributed by atoms with Crippen molar-refractivity contribution in [1.82, 2.24) is 5.32 Å². The molecule has 0 spiro atoms. The maximum absolute atomic E-state index is 12.9. The first-order valence-electron chi connectivity index (χ1n) is 9.39. The van der Waals surface area contributed by atoms with E-state index in [2.05, 4.69) is 10.6 Å². The van der Waals surface area contributed by atoms with Crippen LogP contribution in [0.5, 0.6) is 11.5 Å². The molecule has 0 saturated carbocycles. The predicted octanol–water partition coefficient (Wildman–Crippen LogP) is 3.57. The van der Waals surface area contributed by atoms with Crippen molar-refractivity contribution in [3.05, 3.63) is 53.1 Å². The Hall–Kier alpha value is -3.02. The van der Waals surface area contributed by atoms with E-state index in [1.54, 1.807) is 13.8 Å². The molecule has 28 heavy (non-hydrogen) atoms. The van der Waals surface area contributed by atoms with Crippen LogP contribution in [-0.2, 0) is 22.6 Å². The van der Waals surface area contributed by atoms with Gasteiger partial charge in [0.2, 0.25) is 18.6 Å². The Morgan fingerprint density at radius 2 is 1.82 bits per heavy atom. The molecule has 1 heterocycles. The second-order valence-corrected chi connectivity index (χ2v) is 7.41.